The first-order valence-electron chi connectivity index (χ1n) is 8.03. The van der Waals surface area contributed by atoms with Crippen molar-refractivity contribution < 1.29 is 22.8 Å². The summed E-state index contributed by atoms with van der Waals surface area (Å²) in [7, 11) is 0. The predicted molar refractivity (Wildman–Crippen MR) is 94.1 cm³/mol. The predicted octanol–water partition coefficient (Wildman–Crippen LogP) is 2.81. The first-order chi connectivity index (χ1) is 13.3. The van der Waals surface area contributed by atoms with Gasteiger partial charge in [0.1, 0.15) is 19.2 Å². The van der Waals surface area contributed by atoms with Crippen LogP contribution in [0.25, 0.3) is 5.69 Å². The number of alkyl halides is 3. The maximum Gasteiger partial charge on any atom is 0.405 e. The van der Waals surface area contributed by atoms with E-state index in [1.54, 1.807) is 29.6 Å². The lowest BCUT2D eigenvalue weighted by atomic mass is 10.1. The molecule has 0 aliphatic heterocycles. The fourth-order valence-electron chi connectivity index (χ4n) is 2.33. The van der Waals surface area contributed by atoms with Gasteiger partial charge in [-0.3, -0.25) is 9.59 Å². The van der Waals surface area contributed by atoms with Crippen molar-refractivity contribution in [2.24, 2.45) is 0 Å². The smallest absolute Gasteiger partial charge is 0.343 e. The third-order valence-corrected chi connectivity index (χ3v) is 3.64. The van der Waals surface area contributed by atoms with Crippen LogP contribution in [0.1, 0.15) is 20.7 Å². The molecule has 0 unspecified atom stereocenters. The maximum atomic E-state index is 12.4. The molecule has 3 aromatic rings. The molecule has 0 aliphatic rings. The van der Waals surface area contributed by atoms with Gasteiger partial charge in [0.2, 0.25) is 0 Å². The fourth-order valence-corrected chi connectivity index (χ4v) is 2.33. The Morgan fingerprint density at radius 3 is 2.39 bits per heavy atom. The number of amides is 2. The van der Waals surface area contributed by atoms with E-state index in [9.17, 15) is 22.8 Å². The Morgan fingerprint density at radius 1 is 1.00 bits per heavy atom. The zero-order valence-electron chi connectivity index (χ0n) is 14.3. The summed E-state index contributed by atoms with van der Waals surface area (Å²) in [5.41, 5.74) is 1.36. The van der Waals surface area contributed by atoms with Crippen LogP contribution in [-0.4, -0.2) is 39.3 Å². The minimum atomic E-state index is -4.50. The molecular formula is C18H14F3N5O2. The van der Waals surface area contributed by atoms with Crippen molar-refractivity contribution in [1.29, 1.82) is 0 Å². The van der Waals surface area contributed by atoms with Crippen LogP contribution in [0.2, 0.25) is 0 Å². The Kier molecular flexibility index (Phi) is 5.39. The second-order valence-corrected chi connectivity index (χ2v) is 5.72. The number of carbonyl (C=O) groups excluding carboxylic acids is 2. The average molecular weight is 389 g/mol. The van der Waals surface area contributed by atoms with E-state index >= 15 is 0 Å². The molecule has 2 N–H and O–H groups in total. The number of hydrogen-bond donors (Lipinski definition) is 2. The SMILES string of the molecule is O=C(NCC(F)(F)F)c1cccc(NC(=O)c2ccc(-n3cncn3)cc2)c1. The number of nitrogens with zero attached hydrogens (tertiary/aromatic N) is 3. The van der Waals surface area contributed by atoms with E-state index in [2.05, 4.69) is 15.4 Å². The van der Waals surface area contributed by atoms with E-state index in [-0.39, 0.29) is 11.3 Å². The van der Waals surface area contributed by atoms with Gasteiger partial charge in [-0.1, -0.05) is 6.07 Å². The van der Waals surface area contributed by atoms with E-state index in [4.69, 9.17) is 0 Å². The number of anilines is 1. The third kappa shape index (κ3) is 4.93. The van der Waals surface area contributed by atoms with Crippen LogP contribution >= 0.6 is 0 Å². The average Bonchev–Trinajstić information content (AvgIpc) is 3.20. The molecule has 1 heterocycles. The van der Waals surface area contributed by atoms with Gasteiger partial charge in [-0.05, 0) is 42.5 Å². The van der Waals surface area contributed by atoms with Crippen molar-refractivity contribution in [1.82, 2.24) is 20.1 Å². The quantitative estimate of drug-likeness (QED) is 0.702. The number of hydrogen-bond acceptors (Lipinski definition) is 4. The van der Waals surface area contributed by atoms with Gasteiger partial charge in [0.05, 0.1) is 5.69 Å². The molecule has 0 fully saturated rings. The van der Waals surface area contributed by atoms with Crippen LogP contribution in [-0.2, 0) is 0 Å². The van der Waals surface area contributed by atoms with Gasteiger partial charge in [-0.15, -0.1) is 0 Å². The van der Waals surface area contributed by atoms with Gasteiger partial charge in [-0.2, -0.15) is 18.3 Å². The lowest BCUT2D eigenvalue weighted by Gasteiger charge is -2.10. The van der Waals surface area contributed by atoms with Crippen LogP contribution in [0.4, 0.5) is 18.9 Å². The van der Waals surface area contributed by atoms with Crippen LogP contribution in [0.3, 0.4) is 0 Å². The number of aromatic nitrogens is 3. The second kappa shape index (κ2) is 7.91. The summed E-state index contributed by atoms with van der Waals surface area (Å²) < 4.78 is 38.2. The largest absolute Gasteiger partial charge is 0.405 e. The normalized spacial score (nSPS) is 11.1. The maximum absolute atomic E-state index is 12.4. The molecule has 0 radical (unpaired) electrons. The lowest BCUT2D eigenvalue weighted by molar-refractivity contribution is -0.123. The van der Waals surface area contributed by atoms with Crippen molar-refractivity contribution in [2.45, 2.75) is 6.18 Å². The zero-order chi connectivity index (χ0) is 20.1. The summed E-state index contributed by atoms with van der Waals surface area (Å²) in [6.45, 7) is -1.43. The molecule has 3 rings (SSSR count). The first-order valence-corrected chi connectivity index (χ1v) is 8.03. The minimum absolute atomic E-state index is 0.00331. The molecule has 28 heavy (non-hydrogen) atoms. The molecule has 144 valence electrons. The monoisotopic (exact) mass is 389 g/mol. The van der Waals surface area contributed by atoms with Crippen LogP contribution in [0.15, 0.2) is 61.2 Å². The second-order valence-electron chi connectivity index (χ2n) is 5.72. The van der Waals surface area contributed by atoms with Crippen molar-refractivity contribution in [2.75, 3.05) is 11.9 Å². The highest BCUT2D eigenvalue weighted by Crippen LogP contribution is 2.15. The molecule has 10 heteroatoms. The Bertz CT molecular complexity index is 970. The Balaban J connectivity index is 1.66. The molecule has 1 aromatic heterocycles. The van der Waals surface area contributed by atoms with Gasteiger partial charge < -0.3 is 10.6 Å². The molecule has 0 spiro atoms. The summed E-state index contributed by atoms with van der Waals surface area (Å²) in [6.07, 6.45) is -1.59. The highest BCUT2D eigenvalue weighted by atomic mass is 19.4. The summed E-state index contributed by atoms with van der Waals surface area (Å²) in [5.74, 6) is -1.32. The Morgan fingerprint density at radius 2 is 1.75 bits per heavy atom. The molecule has 2 amide bonds. The number of nitrogens with one attached hydrogen (secondary N) is 2. The lowest BCUT2D eigenvalue weighted by Crippen LogP contribution is -2.33. The van der Waals surface area contributed by atoms with Crippen LogP contribution in [0, 0.1) is 0 Å². The summed E-state index contributed by atoms with van der Waals surface area (Å²) in [5, 5.41) is 8.37. The van der Waals surface area contributed by atoms with Crippen molar-refractivity contribution in [3.63, 3.8) is 0 Å². The Hall–Kier alpha value is -3.69. The van der Waals surface area contributed by atoms with Gasteiger partial charge in [0, 0.05) is 16.8 Å². The molecule has 7 nitrogen and oxygen atoms in total. The van der Waals surface area contributed by atoms with Crippen molar-refractivity contribution >= 4 is 17.5 Å². The zero-order valence-corrected chi connectivity index (χ0v) is 14.3. The van der Waals surface area contributed by atoms with Gasteiger partial charge in [-0.25, -0.2) is 9.67 Å². The van der Waals surface area contributed by atoms with Crippen molar-refractivity contribution in [3.05, 3.63) is 72.3 Å². The molecule has 0 saturated heterocycles. The standard InChI is InChI=1S/C18H14F3N5O2/c19-18(20,21)9-23-16(27)13-2-1-3-14(8-13)25-17(28)12-4-6-15(7-5-12)26-11-22-10-24-26/h1-8,10-11H,9H2,(H,23,27)(H,25,28). The number of rotatable bonds is 5. The molecule has 0 bridgehead atoms. The highest BCUT2D eigenvalue weighted by molar-refractivity contribution is 6.05. The van der Waals surface area contributed by atoms with Crippen LogP contribution < -0.4 is 10.6 Å². The first kappa shape index (κ1) is 19.1. The highest BCUT2D eigenvalue weighted by Gasteiger charge is 2.27. The summed E-state index contributed by atoms with van der Waals surface area (Å²) in [4.78, 5) is 28.0. The van der Waals surface area contributed by atoms with E-state index < -0.39 is 24.5 Å². The molecule has 0 aliphatic carbocycles. The molecule has 0 atom stereocenters. The summed E-state index contributed by atoms with van der Waals surface area (Å²) in [6, 6.07) is 12.2. The Labute approximate surface area is 157 Å². The molecule has 2 aromatic carbocycles. The van der Waals surface area contributed by atoms with Gasteiger partial charge >= 0.3 is 6.18 Å². The van der Waals surface area contributed by atoms with E-state index in [0.717, 1.165) is 5.69 Å². The number of carbonyl (C=O) groups is 2. The third-order valence-electron chi connectivity index (χ3n) is 3.64. The minimum Gasteiger partial charge on any atom is -0.343 e. The van der Waals surface area contributed by atoms with Gasteiger partial charge in [0.25, 0.3) is 11.8 Å². The van der Waals surface area contributed by atoms with E-state index in [1.807, 2.05) is 0 Å². The van der Waals surface area contributed by atoms with E-state index in [1.165, 1.54) is 41.6 Å². The molecular weight excluding hydrogens is 375 g/mol. The summed E-state index contributed by atoms with van der Waals surface area (Å²) >= 11 is 0. The number of halogens is 3. The van der Waals surface area contributed by atoms with Crippen molar-refractivity contribution in [3.8, 4) is 5.69 Å². The van der Waals surface area contributed by atoms with E-state index in [0.29, 0.717) is 5.56 Å². The fraction of sp³-hybridized carbons (Fsp3) is 0.111. The van der Waals surface area contributed by atoms with Crippen LogP contribution in [0.5, 0.6) is 0 Å². The number of benzene rings is 2. The molecule has 0 saturated carbocycles. The van der Waals surface area contributed by atoms with Gasteiger partial charge in [0.15, 0.2) is 0 Å². The topological polar surface area (TPSA) is 88.9 Å².